The molecule has 208 valence electrons. The Morgan fingerprint density at radius 3 is 1.27 bits per heavy atom. The van der Waals surface area contributed by atoms with E-state index in [4.69, 9.17) is 18.9 Å². The van der Waals surface area contributed by atoms with E-state index in [0.29, 0.717) is 69.0 Å². The molecule has 0 spiro atoms. The van der Waals surface area contributed by atoms with E-state index in [1.165, 1.54) is 24.3 Å². The first kappa shape index (κ1) is 34.0. The molecule has 2 aromatic rings. The number of rotatable bonds is 16. The highest BCUT2D eigenvalue weighted by atomic mass is 79.9. The highest BCUT2D eigenvalue weighted by Gasteiger charge is 2.24. The van der Waals surface area contributed by atoms with Gasteiger partial charge in [0.05, 0.1) is 50.5 Å². The zero-order valence-corrected chi connectivity index (χ0v) is 30.6. The maximum Gasteiger partial charge on any atom is 0.206 e. The highest BCUT2D eigenvalue weighted by Crippen LogP contribution is 2.41. The fourth-order valence-electron chi connectivity index (χ4n) is 2.95. The summed E-state index contributed by atoms with van der Waals surface area (Å²) < 4.78 is 51.9. The molecule has 2 aromatic carbocycles. The fourth-order valence-corrected chi connectivity index (χ4v) is 8.39. The van der Waals surface area contributed by atoms with Gasteiger partial charge in [-0.1, -0.05) is 45.7 Å². The summed E-state index contributed by atoms with van der Waals surface area (Å²) in [4.78, 5) is 0.225. The number of halogens is 6. The minimum Gasteiger partial charge on any atom is -0.490 e. The van der Waals surface area contributed by atoms with Crippen LogP contribution in [0.5, 0.6) is 11.5 Å². The van der Waals surface area contributed by atoms with Crippen molar-refractivity contribution in [2.24, 2.45) is 0 Å². The molecule has 6 nitrogen and oxygen atoms in total. The molecule has 2 atom stereocenters. The van der Waals surface area contributed by atoms with Gasteiger partial charge in [-0.3, -0.25) is 0 Å². The first-order valence-corrected chi connectivity index (χ1v) is 17.9. The molecule has 0 aliphatic rings. The molecule has 0 aromatic heterocycles. The normalized spacial score (nSPS) is 13.4. The Labute approximate surface area is 269 Å². The Bertz CT molecular complexity index is 1000. The van der Waals surface area contributed by atoms with Gasteiger partial charge in [0, 0.05) is 13.2 Å². The quantitative estimate of drug-likeness (QED) is 0.124. The van der Waals surface area contributed by atoms with E-state index < -0.39 is 9.84 Å². The lowest BCUT2D eigenvalue weighted by molar-refractivity contribution is 0.125. The summed E-state index contributed by atoms with van der Waals surface area (Å²) >= 11 is 20.9. The number of hydrogen-bond acceptors (Lipinski definition) is 6. The lowest BCUT2D eigenvalue weighted by Crippen LogP contribution is -2.18. The van der Waals surface area contributed by atoms with E-state index in [9.17, 15) is 8.42 Å². The Hall–Kier alpha value is 0.790. The molecule has 13 heteroatoms. The summed E-state index contributed by atoms with van der Waals surface area (Å²) in [5.41, 5.74) is 0. The summed E-state index contributed by atoms with van der Waals surface area (Å²) in [6.07, 6.45) is 1.89. The van der Waals surface area contributed by atoms with E-state index in [1.54, 1.807) is 0 Å². The van der Waals surface area contributed by atoms with Gasteiger partial charge in [-0.05, 0) is 101 Å². The third-order valence-electron chi connectivity index (χ3n) is 4.68. The second kappa shape index (κ2) is 16.9. The number of sulfone groups is 1. The summed E-state index contributed by atoms with van der Waals surface area (Å²) in [6, 6.07) is 6.13. The van der Waals surface area contributed by atoms with Crippen molar-refractivity contribution in [3.63, 3.8) is 0 Å². The van der Waals surface area contributed by atoms with Crippen LogP contribution in [-0.2, 0) is 19.3 Å². The van der Waals surface area contributed by atoms with Crippen molar-refractivity contribution < 1.29 is 27.4 Å². The van der Waals surface area contributed by atoms with Gasteiger partial charge < -0.3 is 18.9 Å². The first-order chi connectivity index (χ1) is 17.5. The molecular formula is C24H28Br6O6S. The van der Waals surface area contributed by atoms with E-state index in [2.05, 4.69) is 95.6 Å². The summed E-state index contributed by atoms with van der Waals surface area (Å²) in [7, 11) is -3.84. The van der Waals surface area contributed by atoms with Gasteiger partial charge in [0.15, 0.2) is 0 Å². The zero-order chi connectivity index (χ0) is 27.6. The van der Waals surface area contributed by atoms with Crippen LogP contribution in [0.3, 0.4) is 0 Å². The molecule has 0 radical (unpaired) electrons. The van der Waals surface area contributed by atoms with Gasteiger partial charge in [0.25, 0.3) is 0 Å². The molecule has 0 bridgehead atoms. The predicted octanol–water partition coefficient (Wildman–Crippen LogP) is 8.71. The molecule has 2 rings (SSSR count). The maximum absolute atomic E-state index is 13.5. The van der Waals surface area contributed by atoms with Crippen LogP contribution in [0.2, 0.25) is 0 Å². The van der Waals surface area contributed by atoms with Gasteiger partial charge in [0.2, 0.25) is 9.84 Å². The number of ether oxygens (including phenoxy) is 4. The molecule has 2 unspecified atom stereocenters. The summed E-state index contributed by atoms with van der Waals surface area (Å²) in [5, 5.41) is 0. The predicted molar refractivity (Wildman–Crippen MR) is 168 cm³/mol. The first-order valence-electron chi connectivity index (χ1n) is 11.4. The number of alkyl halides is 2. The van der Waals surface area contributed by atoms with Crippen molar-refractivity contribution >= 4 is 105 Å². The topological polar surface area (TPSA) is 71.1 Å². The third kappa shape index (κ3) is 10.6. The molecule has 0 amide bonds. The van der Waals surface area contributed by atoms with Crippen LogP contribution < -0.4 is 9.47 Å². The summed E-state index contributed by atoms with van der Waals surface area (Å²) in [5.74, 6) is 1.02. The Balaban J connectivity index is 2.17. The Morgan fingerprint density at radius 1 is 0.649 bits per heavy atom. The minimum absolute atomic E-state index is 0.000355. The second-order valence-corrected chi connectivity index (χ2v) is 15.9. The van der Waals surface area contributed by atoms with Crippen LogP contribution in [0.4, 0.5) is 0 Å². The smallest absolute Gasteiger partial charge is 0.206 e. The minimum atomic E-state index is -3.84. The maximum atomic E-state index is 13.5. The van der Waals surface area contributed by atoms with Crippen molar-refractivity contribution in [2.75, 3.05) is 39.6 Å². The molecule has 0 N–H and O–H groups in total. The second-order valence-electron chi connectivity index (χ2n) is 7.90. The van der Waals surface area contributed by atoms with Crippen molar-refractivity contribution in [3.8, 4) is 11.5 Å². The van der Waals surface area contributed by atoms with Crippen molar-refractivity contribution in [1.29, 1.82) is 0 Å². The van der Waals surface area contributed by atoms with E-state index >= 15 is 0 Å². The van der Waals surface area contributed by atoms with Crippen molar-refractivity contribution in [1.82, 2.24) is 0 Å². The molecule has 0 fully saturated rings. The fraction of sp³-hybridized carbons (Fsp3) is 0.500. The molecule has 0 saturated heterocycles. The molecule has 0 heterocycles. The van der Waals surface area contributed by atoms with Crippen LogP contribution in [0.25, 0.3) is 0 Å². The van der Waals surface area contributed by atoms with E-state index in [0.717, 1.165) is 12.8 Å². The van der Waals surface area contributed by atoms with Gasteiger partial charge in [-0.15, -0.1) is 0 Å². The SMILES string of the molecule is CCCOCC(Br)COc1c(Br)cc(S(=O)(=O)c2cc(Br)c(OCC(Br)COCCC)c(Br)c2)cc1Br. The molecule has 37 heavy (non-hydrogen) atoms. The van der Waals surface area contributed by atoms with E-state index in [-0.39, 0.29) is 19.4 Å². The lowest BCUT2D eigenvalue weighted by Gasteiger charge is -2.17. The average molecular weight is 924 g/mol. The lowest BCUT2D eigenvalue weighted by atomic mass is 10.3. The molecule has 0 aliphatic carbocycles. The van der Waals surface area contributed by atoms with Crippen molar-refractivity contribution in [2.45, 2.75) is 46.1 Å². The van der Waals surface area contributed by atoms with Crippen LogP contribution in [-0.4, -0.2) is 57.7 Å². The van der Waals surface area contributed by atoms with Gasteiger partial charge in [-0.2, -0.15) is 0 Å². The zero-order valence-electron chi connectivity index (χ0n) is 20.2. The van der Waals surface area contributed by atoms with Crippen LogP contribution in [0, 0.1) is 0 Å². The molecular weight excluding hydrogens is 896 g/mol. The largest absolute Gasteiger partial charge is 0.490 e. The Morgan fingerprint density at radius 2 is 0.973 bits per heavy atom. The molecule has 0 aliphatic heterocycles. The average Bonchev–Trinajstić information content (AvgIpc) is 2.83. The van der Waals surface area contributed by atoms with Gasteiger partial charge in [0.1, 0.15) is 24.7 Å². The number of hydrogen-bond donors (Lipinski definition) is 0. The number of benzene rings is 2. The monoisotopic (exact) mass is 918 g/mol. The van der Waals surface area contributed by atoms with Gasteiger partial charge >= 0.3 is 0 Å². The van der Waals surface area contributed by atoms with E-state index in [1.807, 2.05) is 13.8 Å². The molecule has 0 saturated carbocycles. The standard InChI is InChI=1S/C24H28Br6O6S/c1-3-5-33-11-15(25)13-35-23-19(27)7-17(8-20(23)28)37(31,32)18-9-21(29)24(22(30)10-18)36-14-16(26)12-34-6-4-2/h7-10,15-16H,3-6,11-14H2,1-2H3. The Kier molecular flexibility index (Phi) is 15.5. The highest BCUT2D eigenvalue weighted by molar-refractivity contribution is 9.11. The van der Waals surface area contributed by atoms with Gasteiger partial charge in [-0.25, -0.2) is 8.42 Å². The summed E-state index contributed by atoms with van der Waals surface area (Å²) in [6.45, 7) is 7.22. The third-order valence-corrected chi connectivity index (χ3v) is 9.80. The van der Waals surface area contributed by atoms with Crippen LogP contribution in [0.1, 0.15) is 26.7 Å². The van der Waals surface area contributed by atoms with Crippen LogP contribution >= 0.6 is 95.6 Å². The van der Waals surface area contributed by atoms with Crippen LogP contribution in [0.15, 0.2) is 51.9 Å². The van der Waals surface area contributed by atoms with Crippen molar-refractivity contribution in [3.05, 3.63) is 42.2 Å².